The van der Waals surface area contributed by atoms with E-state index < -0.39 is 18.5 Å². The molecule has 0 spiro atoms. The average Bonchev–Trinajstić information content (AvgIpc) is 2.70. The number of benzene rings is 2. The minimum absolute atomic E-state index is 0.298. The van der Waals surface area contributed by atoms with Crippen LogP contribution >= 0.6 is 0 Å². The van der Waals surface area contributed by atoms with E-state index in [0.717, 1.165) is 19.3 Å². The quantitative estimate of drug-likeness (QED) is 0.667. The van der Waals surface area contributed by atoms with Crippen molar-refractivity contribution in [1.82, 2.24) is 5.32 Å². The normalized spacial score (nSPS) is 10.1. The van der Waals surface area contributed by atoms with E-state index in [2.05, 4.69) is 17.6 Å². The Kier molecular flexibility index (Phi) is 8.03. The molecule has 2 N–H and O–H groups in total. The SMILES string of the molecule is CCCCc1ccc(NC(=O)COC(=O)CNC(=O)c2ccccc2)cc1. The molecule has 0 saturated heterocycles. The lowest BCUT2D eigenvalue weighted by molar-refractivity contribution is -0.146. The largest absolute Gasteiger partial charge is 0.454 e. The van der Waals surface area contributed by atoms with Crippen molar-refractivity contribution < 1.29 is 19.1 Å². The van der Waals surface area contributed by atoms with Crippen molar-refractivity contribution in [3.05, 3.63) is 65.7 Å². The molecule has 0 unspecified atom stereocenters. The Morgan fingerprint density at radius 3 is 2.33 bits per heavy atom. The highest BCUT2D eigenvalue weighted by Gasteiger charge is 2.10. The van der Waals surface area contributed by atoms with Gasteiger partial charge in [-0.1, -0.05) is 43.7 Å². The number of ether oxygens (including phenoxy) is 1. The molecular weight excluding hydrogens is 344 g/mol. The van der Waals surface area contributed by atoms with Gasteiger partial charge in [-0.2, -0.15) is 0 Å². The molecule has 2 aromatic carbocycles. The topological polar surface area (TPSA) is 84.5 Å². The molecule has 27 heavy (non-hydrogen) atoms. The molecule has 0 aliphatic carbocycles. The second-order valence-corrected chi connectivity index (χ2v) is 6.06. The highest BCUT2D eigenvalue weighted by Crippen LogP contribution is 2.11. The molecule has 2 amide bonds. The second-order valence-electron chi connectivity index (χ2n) is 6.06. The zero-order chi connectivity index (χ0) is 19.5. The standard InChI is InChI=1S/C21H24N2O4/c1-2-3-7-16-10-12-18(13-11-16)23-19(24)15-27-20(25)14-22-21(26)17-8-5-4-6-9-17/h4-6,8-13H,2-3,7,14-15H2,1H3,(H,22,26)(H,23,24). The Hall–Kier alpha value is -3.15. The summed E-state index contributed by atoms with van der Waals surface area (Å²) in [6.07, 6.45) is 3.27. The van der Waals surface area contributed by atoms with Crippen molar-refractivity contribution in [2.45, 2.75) is 26.2 Å². The van der Waals surface area contributed by atoms with Gasteiger partial charge in [-0.25, -0.2) is 0 Å². The van der Waals surface area contributed by atoms with Gasteiger partial charge in [0.25, 0.3) is 11.8 Å². The van der Waals surface area contributed by atoms with Crippen LogP contribution in [0.25, 0.3) is 0 Å². The molecule has 0 saturated carbocycles. The molecule has 6 heteroatoms. The molecule has 142 valence electrons. The van der Waals surface area contributed by atoms with E-state index in [1.54, 1.807) is 30.3 Å². The van der Waals surface area contributed by atoms with Gasteiger partial charge in [-0.05, 0) is 42.7 Å². The molecule has 0 fully saturated rings. The van der Waals surface area contributed by atoms with E-state index >= 15 is 0 Å². The zero-order valence-electron chi connectivity index (χ0n) is 15.4. The lowest BCUT2D eigenvalue weighted by Crippen LogP contribution is -2.32. The first-order chi connectivity index (χ1) is 13.1. The first kappa shape index (κ1) is 20.2. The van der Waals surface area contributed by atoms with Crippen molar-refractivity contribution in [1.29, 1.82) is 0 Å². The Morgan fingerprint density at radius 2 is 1.67 bits per heavy atom. The number of carbonyl (C=O) groups excluding carboxylic acids is 3. The molecule has 2 aromatic rings. The first-order valence-corrected chi connectivity index (χ1v) is 8.96. The van der Waals surface area contributed by atoms with E-state index in [1.165, 1.54) is 5.56 Å². The predicted molar refractivity (Wildman–Crippen MR) is 103 cm³/mol. The zero-order valence-corrected chi connectivity index (χ0v) is 15.4. The third kappa shape index (κ3) is 7.32. The number of nitrogens with one attached hydrogen (secondary N) is 2. The first-order valence-electron chi connectivity index (χ1n) is 8.96. The van der Waals surface area contributed by atoms with Gasteiger partial charge in [0.2, 0.25) is 0 Å². The molecule has 6 nitrogen and oxygen atoms in total. The molecule has 0 heterocycles. The van der Waals surface area contributed by atoms with Crippen molar-refractivity contribution in [2.24, 2.45) is 0 Å². The third-order valence-electron chi connectivity index (χ3n) is 3.85. The van der Waals surface area contributed by atoms with E-state index in [-0.39, 0.29) is 12.5 Å². The molecule has 0 radical (unpaired) electrons. The van der Waals surface area contributed by atoms with E-state index in [1.807, 2.05) is 24.3 Å². The summed E-state index contributed by atoms with van der Waals surface area (Å²) in [6.45, 7) is 1.44. The molecule has 0 atom stereocenters. The van der Waals surface area contributed by atoms with Gasteiger partial charge in [0.05, 0.1) is 0 Å². The Labute approximate surface area is 158 Å². The molecular formula is C21H24N2O4. The highest BCUT2D eigenvalue weighted by molar-refractivity contribution is 5.96. The van der Waals surface area contributed by atoms with Crippen LogP contribution in [0.15, 0.2) is 54.6 Å². The average molecular weight is 368 g/mol. The summed E-state index contributed by atoms with van der Waals surface area (Å²) < 4.78 is 4.87. The van der Waals surface area contributed by atoms with Crippen LogP contribution in [0, 0.1) is 0 Å². The van der Waals surface area contributed by atoms with Crippen LogP contribution in [0.5, 0.6) is 0 Å². The maximum atomic E-state index is 11.9. The number of carbonyl (C=O) groups is 3. The van der Waals surface area contributed by atoms with Crippen LogP contribution in [0.1, 0.15) is 35.7 Å². The number of amides is 2. The highest BCUT2D eigenvalue weighted by atomic mass is 16.5. The summed E-state index contributed by atoms with van der Waals surface area (Å²) >= 11 is 0. The molecule has 0 aliphatic rings. The van der Waals surface area contributed by atoms with Crippen molar-refractivity contribution in [3.63, 3.8) is 0 Å². The summed E-state index contributed by atoms with van der Waals surface area (Å²) in [5.41, 5.74) is 2.31. The Morgan fingerprint density at radius 1 is 0.963 bits per heavy atom. The molecule has 2 rings (SSSR count). The van der Waals surface area contributed by atoms with E-state index in [9.17, 15) is 14.4 Å². The van der Waals surface area contributed by atoms with Crippen molar-refractivity contribution >= 4 is 23.5 Å². The fourth-order valence-corrected chi connectivity index (χ4v) is 2.37. The number of hydrogen-bond donors (Lipinski definition) is 2. The van der Waals surface area contributed by atoms with Gasteiger partial charge in [0.15, 0.2) is 6.61 Å². The maximum Gasteiger partial charge on any atom is 0.325 e. The van der Waals surface area contributed by atoms with Gasteiger partial charge >= 0.3 is 5.97 Å². The Balaban J connectivity index is 1.68. The lowest BCUT2D eigenvalue weighted by Gasteiger charge is -2.08. The minimum atomic E-state index is -0.677. The van der Waals surface area contributed by atoms with Gasteiger partial charge in [0.1, 0.15) is 6.54 Å². The lowest BCUT2D eigenvalue weighted by atomic mass is 10.1. The molecule has 0 aromatic heterocycles. The van der Waals surface area contributed by atoms with E-state index in [0.29, 0.717) is 11.3 Å². The summed E-state index contributed by atoms with van der Waals surface area (Å²) in [4.78, 5) is 35.3. The maximum absolute atomic E-state index is 11.9. The second kappa shape index (κ2) is 10.8. The number of hydrogen-bond acceptors (Lipinski definition) is 4. The number of esters is 1. The van der Waals surface area contributed by atoms with Crippen molar-refractivity contribution in [2.75, 3.05) is 18.5 Å². The summed E-state index contributed by atoms with van der Waals surface area (Å²) in [5, 5.41) is 5.12. The van der Waals surface area contributed by atoms with Crippen LogP contribution in [0.4, 0.5) is 5.69 Å². The minimum Gasteiger partial charge on any atom is -0.454 e. The fourth-order valence-electron chi connectivity index (χ4n) is 2.37. The van der Waals surface area contributed by atoms with E-state index in [4.69, 9.17) is 4.74 Å². The van der Waals surface area contributed by atoms with Crippen LogP contribution in [-0.2, 0) is 20.7 Å². The summed E-state index contributed by atoms with van der Waals surface area (Å²) in [6, 6.07) is 16.1. The van der Waals surface area contributed by atoms with Crippen molar-refractivity contribution in [3.8, 4) is 0 Å². The van der Waals surface area contributed by atoms with Crippen LogP contribution in [-0.4, -0.2) is 30.9 Å². The van der Waals surface area contributed by atoms with Gasteiger partial charge in [-0.15, -0.1) is 0 Å². The fraction of sp³-hybridized carbons (Fsp3) is 0.286. The number of rotatable bonds is 9. The monoisotopic (exact) mass is 368 g/mol. The summed E-state index contributed by atoms with van der Waals surface area (Å²) in [5.74, 6) is -1.48. The van der Waals surface area contributed by atoms with Crippen LogP contribution in [0.3, 0.4) is 0 Å². The van der Waals surface area contributed by atoms with Gasteiger partial charge in [0, 0.05) is 11.3 Å². The molecule has 0 aliphatic heterocycles. The van der Waals surface area contributed by atoms with Gasteiger partial charge < -0.3 is 15.4 Å². The van der Waals surface area contributed by atoms with Gasteiger partial charge in [-0.3, -0.25) is 14.4 Å². The Bertz CT molecular complexity index is 758. The number of aryl methyl sites for hydroxylation is 1. The smallest absolute Gasteiger partial charge is 0.325 e. The summed E-state index contributed by atoms with van der Waals surface area (Å²) in [7, 11) is 0. The predicted octanol–water partition coefficient (Wildman–Crippen LogP) is 2.94. The number of anilines is 1. The number of unbranched alkanes of at least 4 members (excludes halogenated alkanes) is 1. The van der Waals surface area contributed by atoms with Crippen LogP contribution in [0.2, 0.25) is 0 Å². The third-order valence-corrected chi connectivity index (χ3v) is 3.85. The molecule has 0 bridgehead atoms. The van der Waals surface area contributed by atoms with Crippen LogP contribution < -0.4 is 10.6 Å².